The molecule has 0 saturated heterocycles. The zero-order valence-electron chi connectivity index (χ0n) is 27.6. The Labute approximate surface area is 252 Å². The number of hydrogen-bond acceptors (Lipinski definition) is 1. The molecule has 41 heavy (non-hydrogen) atoms. The van der Waals surface area contributed by atoms with Gasteiger partial charge in [-0.2, -0.15) is 0 Å². The Hall–Kier alpha value is -2.90. The highest BCUT2D eigenvalue weighted by Crippen LogP contribution is 2.42. The normalized spacial score (nSPS) is 23.5. The Kier molecular flexibility index (Phi) is 13.3. The second-order valence-corrected chi connectivity index (χ2v) is 13.5. The standard InChI is InChI=1S/C40H56O/c1-30(18-13-20-32(3)23-25-37-34(5)22-15-27-39(37,7)8)16-11-12-17-31(2)19-14-21-33(4)24-26-38-35(6)28-36(41)29-40(38,9)10/h11-14,16-21,23-26,36,41H,15,22,27-29H2,1-10H3/b12-11+,18-13+,19-14+,25-23+,26-24+,30-16+,31-17-,32-20+,33-21+/t36-/m1/s1. The maximum Gasteiger partial charge on any atom is 0.0585 e. The fraction of sp³-hybridized carbons (Fsp3) is 0.450. The molecule has 0 bridgehead atoms. The minimum atomic E-state index is -0.220. The number of hydrogen-bond donors (Lipinski definition) is 1. The first-order chi connectivity index (χ1) is 19.2. The molecule has 1 nitrogen and oxygen atoms in total. The maximum atomic E-state index is 10.1. The molecule has 1 heteroatoms. The summed E-state index contributed by atoms with van der Waals surface area (Å²) in [5.41, 5.74) is 10.9. The predicted molar refractivity (Wildman–Crippen MR) is 183 cm³/mol. The topological polar surface area (TPSA) is 20.2 Å². The highest BCUT2D eigenvalue weighted by atomic mass is 16.3. The van der Waals surface area contributed by atoms with E-state index in [1.165, 1.54) is 58.3 Å². The minimum Gasteiger partial charge on any atom is -0.393 e. The molecule has 0 aliphatic heterocycles. The van der Waals surface area contributed by atoms with Gasteiger partial charge in [0.1, 0.15) is 0 Å². The lowest BCUT2D eigenvalue weighted by Gasteiger charge is -2.35. The second-order valence-electron chi connectivity index (χ2n) is 13.5. The van der Waals surface area contributed by atoms with Gasteiger partial charge in [-0.05, 0) is 95.6 Å². The van der Waals surface area contributed by atoms with Crippen molar-refractivity contribution in [1.82, 2.24) is 0 Å². The summed E-state index contributed by atoms with van der Waals surface area (Å²) in [5.74, 6) is 0. The molecule has 0 aromatic heterocycles. The third-order valence-corrected chi connectivity index (χ3v) is 8.31. The molecule has 0 spiro atoms. The van der Waals surface area contributed by atoms with Crippen LogP contribution in [0.2, 0.25) is 0 Å². The molecule has 0 radical (unpaired) electrons. The van der Waals surface area contributed by atoms with E-state index < -0.39 is 0 Å². The number of rotatable bonds is 10. The fourth-order valence-electron chi connectivity index (χ4n) is 5.96. The van der Waals surface area contributed by atoms with Gasteiger partial charge >= 0.3 is 0 Å². The first-order valence-electron chi connectivity index (χ1n) is 15.4. The van der Waals surface area contributed by atoms with Gasteiger partial charge in [0.15, 0.2) is 0 Å². The Balaban J connectivity index is 1.90. The van der Waals surface area contributed by atoms with Crippen molar-refractivity contribution < 1.29 is 5.11 Å². The van der Waals surface area contributed by atoms with Crippen molar-refractivity contribution in [3.05, 3.63) is 130 Å². The largest absolute Gasteiger partial charge is 0.393 e. The molecule has 0 heterocycles. The Bertz CT molecular complexity index is 1250. The molecule has 222 valence electrons. The van der Waals surface area contributed by atoms with Crippen molar-refractivity contribution >= 4 is 0 Å². The van der Waals surface area contributed by atoms with Crippen molar-refractivity contribution in [3.63, 3.8) is 0 Å². The van der Waals surface area contributed by atoms with Gasteiger partial charge in [-0.3, -0.25) is 0 Å². The van der Waals surface area contributed by atoms with Crippen LogP contribution in [-0.4, -0.2) is 11.2 Å². The molecule has 0 aromatic carbocycles. The van der Waals surface area contributed by atoms with E-state index in [0.717, 1.165) is 12.8 Å². The van der Waals surface area contributed by atoms with Gasteiger partial charge in [-0.25, -0.2) is 0 Å². The van der Waals surface area contributed by atoms with Gasteiger partial charge in [-0.1, -0.05) is 146 Å². The summed E-state index contributed by atoms with van der Waals surface area (Å²) in [6.07, 6.45) is 35.5. The second kappa shape index (κ2) is 15.9. The smallest absolute Gasteiger partial charge is 0.0585 e. The molecule has 1 N–H and O–H groups in total. The average molecular weight is 553 g/mol. The van der Waals surface area contributed by atoms with Gasteiger partial charge in [0, 0.05) is 0 Å². The van der Waals surface area contributed by atoms with Gasteiger partial charge in [0.2, 0.25) is 0 Å². The summed E-state index contributed by atoms with van der Waals surface area (Å²) in [5, 5.41) is 10.1. The number of allylic oxidation sites excluding steroid dienone is 21. The zero-order chi connectivity index (χ0) is 30.6. The molecule has 1 atom stereocenters. The summed E-state index contributed by atoms with van der Waals surface area (Å²) < 4.78 is 0. The Morgan fingerprint density at radius 3 is 1.54 bits per heavy atom. The predicted octanol–water partition coefficient (Wildman–Crippen LogP) is 11.6. The maximum absolute atomic E-state index is 10.1. The molecule has 0 aromatic rings. The van der Waals surface area contributed by atoms with E-state index >= 15 is 0 Å². The summed E-state index contributed by atoms with van der Waals surface area (Å²) in [4.78, 5) is 0. The zero-order valence-corrected chi connectivity index (χ0v) is 27.6. The van der Waals surface area contributed by atoms with E-state index in [1.807, 2.05) is 0 Å². The molecule has 2 aliphatic rings. The van der Waals surface area contributed by atoms with Crippen LogP contribution in [0.5, 0.6) is 0 Å². The van der Waals surface area contributed by atoms with Crippen LogP contribution in [0, 0.1) is 10.8 Å². The van der Waals surface area contributed by atoms with Crippen LogP contribution in [0.1, 0.15) is 101 Å². The molecule has 0 fully saturated rings. The first kappa shape index (κ1) is 34.3. The Morgan fingerprint density at radius 1 is 0.634 bits per heavy atom. The summed E-state index contributed by atoms with van der Waals surface area (Å²) in [6, 6.07) is 0. The van der Waals surface area contributed by atoms with Crippen LogP contribution in [-0.2, 0) is 0 Å². The lowest BCUT2D eigenvalue weighted by atomic mass is 9.71. The molecule has 0 amide bonds. The highest BCUT2D eigenvalue weighted by Gasteiger charge is 2.31. The molecule has 0 unspecified atom stereocenters. The van der Waals surface area contributed by atoms with Crippen LogP contribution in [0.25, 0.3) is 0 Å². The van der Waals surface area contributed by atoms with Gasteiger partial charge in [-0.15, -0.1) is 0 Å². The van der Waals surface area contributed by atoms with Crippen LogP contribution >= 0.6 is 0 Å². The molecule has 2 aliphatic carbocycles. The van der Waals surface area contributed by atoms with Crippen LogP contribution in [0.3, 0.4) is 0 Å². The van der Waals surface area contributed by atoms with E-state index in [2.05, 4.69) is 154 Å². The van der Waals surface area contributed by atoms with Crippen LogP contribution < -0.4 is 0 Å². The molecule has 2 rings (SSSR count). The summed E-state index contributed by atoms with van der Waals surface area (Å²) in [7, 11) is 0. The fourth-order valence-corrected chi connectivity index (χ4v) is 5.96. The third-order valence-electron chi connectivity index (χ3n) is 8.31. The van der Waals surface area contributed by atoms with Crippen molar-refractivity contribution in [2.45, 2.75) is 107 Å². The molecule has 0 saturated carbocycles. The van der Waals surface area contributed by atoms with Crippen molar-refractivity contribution in [1.29, 1.82) is 0 Å². The lowest BCUT2D eigenvalue weighted by molar-refractivity contribution is 0.116. The van der Waals surface area contributed by atoms with Crippen LogP contribution in [0.4, 0.5) is 0 Å². The van der Waals surface area contributed by atoms with Crippen molar-refractivity contribution in [3.8, 4) is 0 Å². The van der Waals surface area contributed by atoms with E-state index in [1.54, 1.807) is 5.57 Å². The van der Waals surface area contributed by atoms with Gasteiger partial charge in [0.05, 0.1) is 6.10 Å². The number of aliphatic hydroxyl groups is 1. The number of aliphatic hydroxyl groups excluding tert-OH is 1. The average Bonchev–Trinajstić information content (AvgIpc) is 2.84. The van der Waals surface area contributed by atoms with E-state index in [-0.39, 0.29) is 16.9 Å². The molecular weight excluding hydrogens is 496 g/mol. The quantitative estimate of drug-likeness (QED) is 0.267. The van der Waals surface area contributed by atoms with Gasteiger partial charge in [0.25, 0.3) is 0 Å². The van der Waals surface area contributed by atoms with Gasteiger partial charge < -0.3 is 5.11 Å². The van der Waals surface area contributed by atoms with Crippen LogP contribution in [0.15, 0.2) is 130 Å². The Morgan fingerprint density at radius 2 is 1.07 bits per heavy atom. The molecular formula is C40H56O. The van der Waals surface area contributed by atoms with Crippen molar-refractivity contribution in [2.75, 3.05) is 0 Å². The SMILES string of the molecule is CC1=C(/C=C/C(C)=C/C=C/C(C)=C/C=C/C=C(C)\C=C\C=C(C)\C=C\C2=C(C)C[C@@H](O)CC2(C)C)C(C)(C)CCC1. The van der Waals surface area contributed by atoms with E-state index in [9.17, 15) is 5.11 Å². The lowest BCUT2D eigenvalue weighted by Crippen LogP contribution is -2.28. The van der Waals surface area contributed by atoms with Crippen molar-refractivity contribution in [2.24, 2.45) is 10.8 Å². The minimum absolute atomic E-state index is 0.0128. The van der Waals surface area contributed by atoms with E-state index in [0.29, 0.717) is 0 Å². The van der Waals surface area contributed by atoms with E-state index in [4.69, 9.17) is 0 Å². The monoisotopic (exact) mass is 552 g/mol. The third kappa shape index (κ3) is 11.9. The summed E-state index contributed by atoms with van der Waals surface area (Å²) in [6.45, 7) is 22.2. The summed E-state index contributed by atoms with van der Waals surface area (Å²) >= 11 is 0. The first-order valence-corrected chi connectivity index (χ1v) is 15.4. The highest BCUT2D eigenvalue weighted by molar-refractivity contribution is 5.39.